The van der Waals surface area contributed by atoms with Gasteiger partial charge in [0, 0.05) is 15.3 Å². The number of rotatable bonds is 4. The maximum atomic E-state index is 7.52. The Morgan fingerprint density at radius 3 is 2.45 bits per heavy atom. The van der Waals surface area contributed by atoms with E-state index in [9.17, 15) is 0 Å². The van der Waals surface area contributed by atoms with Gasteiger partial charge in [-0.15, -0.1) is 0 Å². The highest BCUT2D eigenvalue weighted by Crippen LogP contribution is 2.37. The zero-order valence-electron chi connectivity index (χ0n) is 10.6. The van der Waals surface area contributed by atoms with Gasteiger partial charge >= 0.3 is 0 Å². The highest BCUT2D eigenvalue weighted by Gasteiger charge is 2.17. The summed E-state index contributed by atoms with van der Waals surface area (Å²) in [6, 6.07) is 15.5. The fourth-order valence-corrected chi connectivity index (χ4v) is 3.48. The first-order valence-electron chi connectivity index (χ1n) is 6.06. The van der Waals surface area contributed by atoms with Gasteiger partial charge in [0.25, 0.3) is 0 Å². The van der Waals surface area contributed by atoms with E-state index < -0.39 is 0 Å². The highest BCUT2D eigenvalue weighted by molar-refractivity contribution is 8.13. The molecule has 0 aliphatic carbocycles. The van der Waals surface area contributed by atoms with Crippen LogP contribution in [0.4, 0.5) is 0 Å². The van der Waals surface area contributed by atoms with E-state index >= 15 is 0 Å². The van der Waals surface area contributed by atoms with Crippen molar-refractivity contribution in [3.05, 3.63) is 69.7 Å². The number of hydrogen-bond donors (Lipinski definition) is 2. The number of thioether (sulfide) groups is 1. The van der Waals surface area contributed by atoms with Crippen LogP contribution >= 0.6 is 35.0 Å². The Kier molecular flexibility index (Phi) is 5.35. The quantitative estimate of drug-likeness (QED) is 0.620. The minimum atomic E-state index is -0.000309. The van der Waals surface area contributed by atoms with Crippen LogP contribution < -0.4 is 5.73 Å². The molecular weight excluding hydrogens is 311 g/mol. The molecule has 1 atom stereocenters. The van der Waals surface area contributed by atoms with Crippen molar-refractivity contribution in [2.75, 3.05) is 0 Å². The lowest BCUT2D eigenvalue weighted by molar-refractivity contribution is 0.937. The lowest BCUT2D eigenvalue weighted by Crippen LogP contribution is -2.10. The van der Waals surface area contributed by atoms with Gasteiger partial charge in [0.15, 0.2) is 5.17 Å². The highest BCUT2D eigenvalue weighted by atomic mass is 35.5. The van der Waals surface area contributed by atoms with Gasteiger partial charge in [-0.1, -0.05) is 71.4 Å². The third-order valence-corrected chi connectivity index (χ3v) is 4.36. The third kappa shape index (κ3) is 4.17. The molecule has 20 heavy (non-hydrogen) atoms. The molecule has 0 saturated heterocycles. The van der Waals surface area contributed by atoms with Gasteiger partial charge in [-0.05, 0) is 29.7 Å². The molecule has 0 saturated carbocycles. The van der Waals surface area contributed by atoms with E-state index in [1.54, 1.807) is 6.07 Å². The van der Waals surface area contributed by atoms with E-state index in [0.29, 0.717) is 10.0 Å². The van der Waals surface area contributed by atoms with Gasteiger partial charge in [0.05, 0.1) is 0 Å². The molecule has 0 aliphatic rings. The van der Waals surface area contributed by atoms with Crippen LogP contribution in [0.2, 0.25) is 10.0 Å². The standard InChI is InChI=1S/C15H14Cl2N2S/c16-11-6-7-12(13(17)9-11)14(20-15(18)19)8-10-4-2-1-3-5-10/h1-7,9,14H,8H2,(H3,18,19). The molecule has 5 heteroatoms. The van der Waals surface area contributed by atoms with Crippen LogP contribution in [-0.4, -0.2) is 5.17 Å². The van der Waals surface area contributed by atoms with Crippen molar-refractivity contribution in [2.45, 2.75) is 11.7 Å². The van der Waals surface area contributed by atoms with E-state index in [0.717, 1.165) is 12.0 Å². The number of benzene rings is 2. The largest absolute Gasteiger partial charge is 0.379 e. The molecule has 0 aliphatic heterocycles. The Bertz CT molecular complexity index is 602. The number of nitrogens with one attached hydrogen (secondary N) is 1. The van der Waals surface area contributed by atoms with E-state index in [-0.39, 0.29) is 10.4 Å². The molecule has 0 heterocycles. The minimum Gasteiger partial charge on any atom is -0.379 e. The normalized spacial score (nSPS) is 12.1. The molecule has 3 N–H and O–H groups in total. The average molecular weight is 325 g/mol. The summed E-state index contributed by atoms with van der Waals surface area (Å²) < 4.78 is 0. The molecule has 2 aromatic carbocycles. The first-order valence-corrected chi connectivity index (χ1v) is 7.69. The molecule has 0 bridgehead atoms. The molecule has 2 aromatic rings. The number of nitrogens with two attached hydrogens (primary N) is 1. The van der Waals surface area contributed by atoms with Crippen molar-refractivity contribution in [2.24, 2.45) is 5.73 Å². The zero-order valence-corrected chi connectivity index (χ0v) is 13.0. The Balaban J connectivity index is 2.29. The van der Waals surface area contributed by atoms with Crippen LogP contribution in [-0.2, 0) is 6.42 Å². The van der Waals surface area contributed by atoms with Gasteiger partial charge in [-0.3, -0.25) is 5.41 Å². The Morgan fingerprint density at radius 2 is 1.85 bits per heavy atom. The smallest absolute Gasteiger partial charge is 0.151 e. The predicted molar refractivity (Wildman–Crippen MR) is 88.9 cm³/mol. The lowest BCUT2D eigenvalue weighted by Gasteiger charge is -2.18. The second kappa shape index (κ2) is 7.02. The summed E-state index contributed by atoms with van der Waals surface area (Å²) in [7, 11) is 0. The molecule has 2 rings (SSSR count). The predicted octanol–water partition coefficient (Wildman–Crippen LogP) is 4.90. The number of halogens is 2. The van der Waals surface area contributed by atoms with Crippen molar-refractivity contribution in [3.8, 4) is 0 Å². The maximum absolute atomic E-state index is 7.52. The van der Waals surface area contributed by atoms with Crippen LogP contribution in [0.5, 0.6) is 0 Å². The second-order valence-electron chi connectivity index (χ2n) is 4.33. The molecule has 0 amide bonds. The first kappa shape index (κ1) is 15.2. The van der Waals surface area contributed by atoms with Gasteiger partial charge in [0.1, 0.15) is 0 Å². The fraction of sp³-hybridized carbons (Fsp3) is 0.133. The molecule has 104 valence electrons. The molecular formula is C15H14Cl2N2S. The van der Waals surface area contributed by atoms with E-state index in [2.05, 4.69) is 12.1 Å². The van der Waals surface area contributed by atoms with Crippen molar-refractivity contribution in [3.63, 3.8) is 0 Å². The summed E-state index contributed by atoms with van der Waals surface area (Å²) in [5, 5.41) is 8.81. The Labute approximate surface area is 132 Å². The van der Waals surface area contributed by atoms with Crippen molar-refractivity contribution >= 4 is 40.1 Å². The topological polar surface area (TPSA) is 49.9 Å². The van der Waals surface area contributed by atoms with Crippen LogP contribution in [0.25, 0.3) is 0 Å². The van der Waals surface area contributed by atoms with Gasteiger partial charge in [-0.2, -0.15) is 0 Å². The minimum absolute atomic E-state index is 0.000309. The first-order chi connectivity index (χ1) is 9.56. The summed E-state index contributed by atoms with van der Waals surface area (Å²) in [4.78, 5) is 0. The lowest BCUT2D eigenvalue weighted by atomic mass is 10.0. The zero-order chi connectivity index (χ0) is 14.5. The van der Waals surface area contributed by atoms with Crippen molar-refractivity contribution in [1.29, 1.82) is 5.41 Å². The molecule has 0 aromatic heterocycles. The molecule has 1 unspecified atom stereocenters. The maximum Gasteiger partial charge on any atom is 0.151 e. The van der Waals surface area contributed by atoms with Gasteiger partial charge in [0.2, 0.25) is 0 Å². The Morgan fingerprint density at radius 1 is 1.15 bits per heavy atom. The SMILES string of the molecule is N=C(N)SC(Cc1ccccc1)c1ccc(Cl)cc1Cl. The van der Waals surface area contributed by atoms with E-state index in [4.69, 9.17) is 34.3 Å². The molecule has 0 spiro atoms. The summed E-state index contributed by atoms with van der Waals surface area (Å²) in [5.41, 5.74) is 7.66. The third-order valence-electron chi connectivity index (χ3n) is 2.84. The monoisotopic (exact) mass is 324 g/mol. The second-order valence-corrected chi connectivity index (χ2v) is 6.41. The molecule has 2 nitrogen and oxygen atoms in total. The van der Waals surface area contributed by atoms with Crippen LogP contribution in [0.3, 0.4) is 0 Å². The summed E-state index contributed by atoms with van der Waals surface area (Å²) >= 11 is 13.5. The summed E-state index contributed by atoms with van der Waals surface area (Å²) in [6.45, 7) is 0. The van der Waals surface area contributed by atoms with Gasteiger partial charge < -0.3 is 5.73 Å². The van der Waals surface area contributed by atoms with Crippen LogP contribution in [0.15, 0.2) is 48.5 Å². The van der Waals surface area contributed by atoms with Crippen molar-refractivity contribution in [1.82, 2.24) is 0 Å². The van der Waals surface area contributed by atoms with Crippen molar-refractivity contribution < 1.29 is 0 Å². The summed E-state index contributed by atoms with van der Waals surface area (Å²) in [5.74, 6) is 0. The van der Waals surface area contributed by atoms with E-state index in [1.807, 2.05) is 30.3 Å². The van der Waals surface area contributed by atoms with E-state index in [1.165, 1.54) is 17.3 Å². The van der Waals surface area contributed by atoms with Crippen LogP contribution in [0.1, 0.15) is 16.4 Å². The van der Waals surface area contributed by atoms with Gasteiger partial charge in [-0.25, -0.2) is 0 Å². The Hall–Kier alpha value is -1.16. The summed E-state index contributed by atoms with van der Waals surface area (Å²) in [6.07, 6.45) is 0.756. The number of amidine groups is 1. The average Bonchev–Trinajstić information content (AvgIpc) is 2.38. The molecule has 0 fully saturated rings. The fourth-order valence-electron chi connectivity index (χ4n) is 1.96. The number of hydrogen-bond acceptors (Lipinski definition) is 2. The molecule has 0 radical (unpaired) electrons. The van der Waals surface area contributed by atoms with Crippen LogP contribution in [0, 0.1) is 5.41 Å².